The van der Waals surface area contributed by atoms with Crippen LogP contribution in [0.4, 0.5) is 11.4 Å². The van der Waals surface area contributed by atoms with Crippen LogP contribution < -0.4 is 10.6 Å². The predicted molar refractivity (Wildman–Crippen MR) is 114 cm³/mol. The van der Waals surface area contributed by atoms with Crippen molar-refractivity contribution in [2.24, 2.45) is 5.92 Å². The van der Waals surface area contributed by atoms with Crippen LogP contribution in [0.15, 0.2) is 48.5 Å². The molecule has 0 spiro atoms. The van der Waals surface area contributed by atoms with Crippen LogP contribution in [0.3, 0.4) is 0 Å². The topological polar surface area (TPSA) is 105 Å². The molecule has 1 aliphatic rings. The Hall–Kier alpha value is -3.42. The van der Waals surface area contributed by atoms with Crippen molar-refractivity contribution < 1.29 is 14.5 Å². The molecule has 30 heavy (non-hydrogen) atoms. The van der Waals surface area contributed by atoms with E-state index in [0.29, 0.717) is 37.4 Å². The highest BCUT2D eigenvalue weighted by atomic mass is 16.6. The second kappa shape index (κ2) is 9.87. The molecule has 2 aromatic carbocycles. The molecule has 1 unspecified atom stereocenters. The van der Waals surface area contributed by atoms with E-state index in [2.05, 4.69) is 10.6 Å². The van der Waals surface area contributed by atoms with Gasteiger partial charge in [-0.2, -0.15) is 0 Å². The molecule has 1 aliphatic heterocycles. The number of rotatable bonds is 7. The summed E-state index contributed by atoms with van der Waals surface area (Å²) >= 11 is 0. The van der Waals surface area contributed by atoms with Crippen LogP contribution in [0.25, 0.3) is 0 Å². The zero-order valence-electron chi connectivity index (χ0n) is 17.0. The van der Waals surface area contributed by atoms with Gasteiger partial charge in [0.15, 0.2) is 0 Å². The van der Waals surface area contributed by atoms with Gasteiger partial charge in [0.1, 0.15) is 5.69 Å². The molecule has 1 heterocycles. The van der Waals surface area contributed by atoms with Crippen molar-refractivity contribution in [3.05, 3.63) is 69.8 Å². The van der Waals surface area contributed by atoms with Gasteiger partial charge >= 0.3 is 0 Å². The predicted octanol–water partition coefficient (Wildman–Crippen LogP) is 3.20. The van der Waals surface area contributed by atoms with Crippen molar-refractivity contribution in [3.8, 4) is 0 Å². The molecule has 1 atom stereocenters. The minimum atomic E-state index is -0.472. The highest BCUT2D eigenvalue weighted by Crippen LogP contribution is 2.27. The van der Waals surface area contributed by atoms with E-state index in [1.54, 1.807) is 17.0 Å². The summed E-state index contributed by atoms with van der Waals surface area (Å²) in [6.07, 6.45) is 1.78. The third-order valence-electron chi connectivity index (χ3n) is 5.21. The van der Waals surface area contributed by atoms with Crippen molar-refractivity contribution in [1.29, 1.82) is 0 Å². The molecule has 1 saturated heterocycles. The number of carbonyl (C=O) groups excluding carboxylic acids is 2. The molecule has 0 aliphatic carbocycles. The number of nitro benzene ring substituents is 1. The number of likely N-dealkylation sites (tertiary alicyclic amines) is 1. The maximum atomic E-state index is 12.9. The number of piperidine rings is 1. The Morgan fingerprint density at radius 2 is 1.97 bits per heavy atom. The van der Waals surface area contributed by atoms with Crippen LogP contribution in [-0.2, 0) is 11.3 Å². The summed E-state index contributed by atoms with van der Waals surface area (Å²) in [5, 5.41) is 17.5. The third kappa shape index (κ3) is 5.56. The average molecular weight is 410 g/mol. The van der Waals surface area contributed by atoms with Gasteiger partial charge in [-0.25, -0.2) is 0 Å². The van der Waals surface area contributed by atoms with E-state index < -0.39 is 4.92 Å². The van der Waals surface area contributed by atoms with E-state index >= 15 is 0 Å². The van der Waals surface area contributed by atoms with Gasteiger partial charge < -0.3 is 15.5 Å². The van der Waals surface area contributed by atoms with Gasteiger partial charge in [0.25, 0.3) is 11.6 Å². The Bertz CT molecular complexity index is 917. The maximum absolute atomic E-state index is 12.9. The van der Waals surface area contributed by atoms with Crippen LogP contribution >= 0.6 is 0 Å². The molecular formula is C22H26N4O4. The van der Waals surface area contributed by atoms with Gasteiger partial charge in [0.2, 0.25) is 5.91 Å². The Balaban J connectivity index is 1.70. The summed E-state index contributed by atoms with van der Waals surface area (Å²) in [6, 6.07) is 14.2. The molecule has 3 rings (SSSR count). The van der Waals surface area contributed by atoms with Crippen molar-refractivity contribution in [3.63, 3.8) is 0 Å². The molecule has 1 fully saturated rings. The Morgan fingerprint density at radius 3 is 2.67 bits per heavy atom. The van der Waals surface area contributed by atoms with E-state index in [0.717, 1.165) is 18.4 Å². The van der Waals surface area contributed by atoms with Crippen LogP contribution in [-0.4, -0.2) is 41.3 Å². The molecule has 8 heteroatoms. The van der Waals surface area contributed by atoms with E-state index in [9.17, 15) is 19.7 Å². The molecule has 2 N–H and O–H groups in total. The van der Waals surface area contributed by atoms with Crippen LogP contribution in [0.5, 0.6) is 0 Å². The van der Waals surface area contributed by atoms with Crippen molar-refractivity contribution in [2.45, 2.75) is 26.3 Å². The van der Waals surface area contributed by atoms with Gasteiger partial charge in [-0.15, -0.1) is 0 Å². The standard InChI is InChI=1S/C22H26N4O4/c1-16(27)23-14-18-8-5-11-25(15-18)22(28)19-9-10-20(21(12-19)26(29)30)24-13-17-6-3-2-4-7-17/h2-4,6-7,9-10,12,18,24H,5,8,11,13-15H2,1H3,(H,23,27). The maximum Gasteiger partial charge on any atom is 0.293 e. The first-order valence-electron chi connectivity index (χ1n) is 10.0. The van der Waals surface area contributed by atoms with Crippen LogP contribution in [0.1, 0.15) is 35.7 Å². The first-order valence-corrected chi connectivity index (χ1v) is 10.0. The normalized spacial score (nSPS) is 16.0. The largest absolute Gasteiger partial charge is 0.375 e. The molecule has 158 valence electrons. The highest BCUT2D eigenvalue weighted by molar-refractivity contribution is 5.95. The Kier molecular flexibility index (Phi) is 7.00. The van der Waals surface area contributed by atoms with Gasteiger partial charge in [0, 0.05) is 44.7 Å². The molecule has 0 saturated carbocycles. The van der Waals surface area contributed by atoms with E-state index in [1.807, 2.05) is 30.3 Å². The SMILES string of the molecule is CC(=O)NCC1CCCN(C(=O)c2ccc(NCc3ccccc3)c([N+](=O)[O-])c2)C1. The molecule has 8 nitrogen and oxygen atoms in total. The quantitative estimate of drug-likeness (QED) is 0.539. The molecule has 2 amide bonds. The highest BCUT2D eigenvalue weighted by Gasteiger charge is 2.26. The van der Waals surface area contributed by atoms with Crippen molar-refractivity contribution in [1.82, 2.24) is 10.2 Å². The lowest BCUT2D eigenvalue weighted by molar-refractivity contribution is -0.384. The van der Waals surface area contributed by atoms with Gasteiger partial charge in [-0.3, -0.25) is 19.7 Å². The van der Waals surface area contributed by atoms with Crippen molar-refractivity contribution >= 4 is 23.2 Å². The fourth-order valence-electron chi connectivity index (χ4n) is 3.65. The fourth-order valence-corrected chi connectivity index (χ4v) is 3.65. The van der Waals surface area contributed by atoms with Gasteiger partial charge in [-0.1, -0.05) is 30.3 Å². The lowest BCUT2D eigenvalue weighted by Gasteiger charge is -2.33. The molecule has 0 bridgehead atoms. The number of carbonyl (C=O) groups is 2. The molecular weight excluding hydrogens is 384 g/mol. The lowest BCUT2D eigenvalue weighted by atomic mass is 9.97. The first kappa shape index (κ1) is 21.3. The number of nitro groups is 1. The van der Waals surface area contributed by atoms with Crippen LogP contribution in [0, 0.1) is 16.0 Å². The lowest BCUT2D eigenvalue weighted by Crippen LogP contribution is -2.43. The van der Waals surface area contributed by atoms with Gasteiger partial charge in [-0.05, 0) is 36.5 Å². The smallest absolute Gasteiger partial charge is 0.293 e. The summed E-state index contributed by atoms with van der Waals surface area (Å²) in [4.78, 5) is 36.9. The van der Waals surface area contributed by atoms with Gasteiger partial charge in [0.05, 0.1) is 4.92 Å². The van der Waals surface area contributed by atoms with E-state index in [1.165, 1.54) is 13.0 Å². The summed E-state index contributed by atoms with van der Waals surface area (Å²) in [7, 11) is 0. The number of amides is 2. The Labute approximate surface area is 175 Å². The summed E-state index contributed by atoms with van der Waals surface area (Å²) < 4.78 is 0. The second-order valence-corrected chi connectivity index (χ2v) is 7.52. The van der Waals surface area contributed by atoms with E-state index in [4.69, 9.17) is 0 Å². The Morgan fingerprint density at radius 1 is 1.20 bits per heavy atom. The number of hydrogen-bond donors (Lipinski definition) is 2. The number of benzene rings is 2. The number of nitrogens with one attached hydrogen (secondary N) is 2. The van der Waals surface area contributed by atoms with Crippen molar-refractivity contribution in [2.75, 3.05) is 25.0 Å². The molecule has 0 aromatic heterocycles. The minimum absolute atomic E-state index is 0.0901. The fraction of sp³-hybridized carbons (Fsp3) is 0.364. The monoisotopic (exact) mass is 410 g/mol. The van der Waals surface area contributed by atoms with Crippen LogP contribution in [0.2, 0.25) is 0 Å². The molecule has 0 radical (unpaired) electrons. The summed E-state index contributed by atoms with van der Waals surface area (Å²) in [6.45, 7) is 3.59. The summed E-state index contributed by atoms with van der Waals surface area (Å²) in [5.74, 6) is -0.124. The zero-order valence-corrected chi connectivity index (χ0v) is 17.0. The average Bonchev–Trinajstić information content (AvgIpc) is 2.76. The minimum Gasteiger partial charge on any atom is -0.375 e. The third-order valence-corrected chi connectivity index (χ3v) is 5.21. The number of nitrogens with zero attached hydrogens (tertiary/aromatic N) is 2. The zero-order chi connectivity index (χ0) is 21.5. The summed E-state index contributed by atoms with van der Waals surface area (Å²) in [5.41, 5.74) is 1.56. The number of anilines is 1. The second-order valence-electron chi connectivity index (χ2n) is 7.52. The number of hydrogen-bond acceptors (Lipinski definition) is 5. The first-order chi connectivity index (χ1) is 14.4. The van der Waals surface area contributed by atoms with E-state index in [-0.39, 0.29) is 23.4 Å². The molecule has 2 aromatic rings.